The molecule has 0 saturated heterocycles. The van der Waals surface area contributed by atoms with Gasteiger partial charge in [-0.2, -0.15) is 0 Å². The Morgan fingerprint density at radius 2 is 1.88 bits per heavy atom. The van der Waals surface area contributed by atoms with Crippen LogP contribution >= 0.6 is 11.6 Å². The zero-order valence-electron chi connectivity index (χ0n) is 12.7. The summed E-state index contributed by atoms with van der Waals surface area (Å²) in [6, 6.07) is 6.28. The predicted octanol–water partition coefficient (Wildman–Crippen LogP) is 4.71. The molecule has 1 N–H and O–H groups in total. The average molecular weight is 354 g/mol. The second-order valence-electron chi connectivity index (χ2n) is 5.47. The predicted molar refractivity (Wildman–Crippen MR) is 87.6 cm³/mol. The second kappa shape index (κ2) is 7.28. The van der Waals surface area contributed by atoms with Crippen LogP contribution in [0.3, 0.4) is 0 Å². The van der Waals surface area contributed by atoms with E-state index in [2.05, 4.69) is 5.32 Å². The average Bonchev–Trinajstić information content (AvgIpc) is 2.56. The molecule has 0 bridgehead atoms. The minimum Gasteiger partial charge on any atom is -0.486 e. The van der Waals surface area contributed by atoms with E-state index < -0.39 is 17.5 Å². The summed E-state index contributed by atoms with van der Waals surface area (Å²) >= 11 is 5.69. The van der Waals surface area contributed by atoms with Gasteiger partial charge in [0.1, 0.15) is 18.2 Å². The molecule has 0 amide bonds. The van der Waals surface area contributed by atoms with Crippen molar-refractivity contribution < 1.29 is 17.9 Å². The van der Waals surface area contributed by atoms with Crippen molar-refractivity contribution in [3.05, 3.63) is 70.0 Å². The molecular formula is C18H15ClF3NO. The summed E-state index contributed by atoms with van der Waals surface area (Å²) in [6.45, 7) is 1.19. The van der Waals surface area contributed by atoms with Gasteiger partial charge in [-0.05, 0) is 36.7 Å². The molecule has 2 aromatic rings. The Hall–Kier alpha value is -1.98. The Morgan fingerprint density at radius 1 is 1.04 bits per heavy atom. The lowest BCUT2D eigenvalue weighted by Crippen LogP contribution is -2.20. The van der Waals surface area contributed by atoms with E-state index in [0.717, 1.165) is 24.3 Å². The third kappa shape index (κ3) is 3.74. The molecule has 3 rings (SSSR count). The third-order valence-electron chi connectivity index (χ3n) is 3.83. The van der Waals surface area contributed by atoms with E-state index >= 15 is 0 Å². The Morgan fingerprint density at radius 3 is 2.58 bits per heavy atom. The first-order valence-electron chi connectivity index (χ1n) is 7.50. The molecule has 0 aromatic heterocycles. The standard InChI is InChI=1S/C18H15ClF3NO/c19-13-2-1-12(15(20)7-13)10-24-18-8-14(16(21)9-17(18)22)11-3-5-23-6-4-11/h1-3,7-9,23H,4-6,10H2. The quantitative estimate of drug-likeness (QED) is 0.859. The van der Waals surface area contributed by atoms with Gasteiger partial charge < -0.3 is 10.1 Å². The second-order valence-corrected chi connectivity index (χ2v) is 5.91. The molecule has 0 fully saturated rings. The van der Waals surface area contributed by atoms with E-state index in [9.17, 15) is 13.2 Å². The third-order valence-corrected chi connectivity index (χ3v) is 4.06. The summed E-state index contributed by atoms with van der Waals surface area (Å²) in [6.07, 6.45) is 2.51. The first-order valence-corrected chi connectivity index (χ1v) is 7.88. The molecule has 0 spiro atoms. The van der Waals surface area contributed by atoms with Gasteiger partial charge >= 0.3 is 0 Å². The van der Waals surface area contributed by atoms with E-state index in [1.54, 1.807) is 0 Å². The van der Waals surface area contributed by atoms with E-state index in [1.165, 1.54) is 18.2 Å². The summed E-state index contributed by atoms with van der Waals surface area (Å²) < 4.78 is 47.1. The van der Waals surface area contributed by atoms with Gasteiger partial charge in [-0.3, -0.25) is 0 Å². The first-order chi connectivity index (χ1) is 11.5. The largest absolute Gasteiger partial charge is 0.486 e. The molecule has 1 aliphatic rings. The zero-order valence-corrected chi connectivity index (χ0v) is 13.5. The number of ether oxygens (including phenoxy) is 1. The molecule has 2 nitrogen and oxygen atoms in total. The normalized spacial score (nSPS) is 14.4. The van der Waals surface area contributed by atoms with Crippen molar-refractivity contribution in [2.75, 3.05) is 13.1 Å². The van der Waals surface area contributed by atoms with E-state index in [4.69, 9.17) is 16.3 Å². The highest BCUT2D eigenvalue weighted by Crippen LogP contribution is 2.29. The molecular weight excluding hydrogens is 339 g/mol. The van der Waals surface area contributed by atoms with Gasteiger partial charge in [0.25, 0.3) is 0 Å². The summed E-state index contributed by atoms with van der Waals surface area (Å²) in [5.41, 5.74) is 1.35. The van der Waals surface area contributed by atoms with Crippen LogP contribution < -0.4 is 10.1 Å². The fourth-order valence-electron chi connectivity index (χ4n) is 2.55. The van der Waals surface area contributed by atoms with Crippen LogP contribution in [0.1, 0.15) is 17.5 Å². The van der Waals surface area contributed by atoms with Crippen molar-refractivity contribution >= 4 is 17.2 Å². The van der Waals surface area contributed by atoms with E-state index in [1.807, 2.05) is 6.08 Å². The number of hydrogen-bond donors (Lipinski definition) is 1. The maximum Gasteiger partial charge on any atom is 0.168 e. The molecule has 0 aliphatic carbocycles. The topological polar surface area (TPSA) is 21.3 Å². The Labute approximate surface area is 142 Å². The van der Waals surface area contributed by atoms with Gasteiger partial charge in [-0.15, -0.1) is 0 Å². The van der Waals surface area contributed by atoms with Gasteiger partial charge in [-0.25, -0.2) is 13.2 Å². The summed E-state index contributed by atoms with van der Waals surface area (Å²) in [7, 11) is 0. The van der Waals surface area contributed by atoms with Gasteiger partial charge in [0.2, 0.25) is 0 Å². The fourth-order valence-corrected chi connectivity index (χ4v) is 2.71. The molecule has 6 heteroatoms. The molecule has 126 valence electrons. The summed E-state index contributed by atoms with van der Waals surface area (Å²) in [4.78, 5) is 0. The van der Waals surface area contributed by atoms with Gasteiger partial charge in [0.05, 0.1) is 0 Å². The van der Waals surface area contributed by atoms with E-state index in [-0.39, 0.29) is 22.9 Å². The molecule has 2 aromatic carbocycles. The first kappa shape index (κ1) is 16.9. The van der Waals surface area contributed by atoms with Crippen LogP contribution in [0.4, 0.5) is 13.2 Å². The van der Waals surface area contributed by atoms with Crippen molar-refractivity contribution in [2.45, 2.75) is 13.0 Å². The minimum absolute atomic E-state index is 0.111. The van der Waals surface area contributed by atoms with Crippen LogP contribution in [-0.4, -0.2) is 13.1 Å². The molecule has 1 heterocycles. The lowest BCUT2D eigenvalue weighted by Gasteiger charge is -2.16. The SMILES string of the molecule is Fc1cc(Cl)ccc1COc1cc(C2=CCNCC2)c(F)cc1F. The number of nitrogens with one attached hydrogen (secondary N) is 1. The van der Waals surface area contributed by atoms with Crippen molar-refractivity contribution in [1.29, 1.82) is 0 Å². The van der Waals surface area contributed by atoms with Crippen molar-refractivity contribution in [3.63, 3.8) is 0 Å². The van der Waals surface area contributed by atoms with Crippen molar-refractivity contribution in [3.8, 4) is 5.75 Å². The maximum absolute atomic E-state index is 14.1. The monoisotopic (exact) mass is 353 g/mol. The molecule has 0 radical (unpaired) electrons. The number of rotatable bonds is 4. The Kier molecular flexibility index (Phi) is 5.11. The maximum atomic E-state index is 14.1. The van der Waals surface area contributed by atoms with Crippen LogP contribution in [0.5, 0.6) is 5.75 Å². The highest BCUT2D eigenvalue weighted by molar-refractivity contribution is 6.30. The summed E-state index contributed by atoms with van der Waals surface area (Å²) in [5, 5.41) is 3.40. The van der Waals surface area contributed by atoms with Crippen molar-refractivity contribution in [2.24, 2.45) is 0 Å². The highest BCUT2D eigenvalue weighted by atomic mass is 35.5. The molecule has 0 unspecified atom stereocenters. The molecule has 1 aliphatic heterocycles. The molecule has 0 atom stereocenters. The zero-order chi connectivity index (χ0) is 17.1. The van der Waals surface area contributed by atoms with Gasteiger partial charge in [0.15, 0.2) is 11.6 Å². The van der Waals surface area contributed by atoms with Crippen LogP contribution in [0.2, 0.25) is 5.02 Å². The lowest BCUT2D eigenvalue weighted by atomic mass is 9.99. The van der Waals surface area contributed by atoms with E-state index in [0.29, 0.717) is 18.5 Å². The Bertz CT molecular complexity index is 792. The lowest BCUT2D eigenvalue weighted by molar-refractivity contribution is 0.283. The van der Waals surface area contributed by atoms with Crippen LogP contribution in [-0.2, 0) is 6.61 Å². The molecule has 24 heavy (non-hydrogen) atoms. The Balaban J connectivity index is 1.83. The number of halogens is 4. The number of hydrogen-bond acceptors (Lipinski definition) is 2. The number of benzene rings is 2. The van der Waals surface area contributed by atoms with Gasteiger partial charge in [0, 0.05) is 28.8 Å². The summed E-state index contributed by atoms with van der Waals surface area (Å²) in [5.74, 6) is -2.10. The van der Waals surface area contributed by atoms with Gasteiger partial charge in [-0.1, -0.05) is 23.7 Å². The van der Waals surface area contributed by atoms with Crippen LogP contribution in [0, 0.1) is 17.5 Å². The smallest absolute Gasteiger partial charge is 0.168 e. The van der Waals surface area contributed by atoms with Crippen LogP contribution in [0.15, 0.2) is 36.4 Å². The van der Waals surface area contributed by atoms with Crippen LogP contribution in [0.25, 0.3) is 5.57 Å². The van der Waals surface area contributed by atoms with Crippen molar-refractivity contribution in [1.82, 2.24) is 5.32 Å². The minimum atomic E-state index is -0.819. The highest BCUT2D eigenvalue weighted by Gasteiger charge is 2.16. The molecule has 0 saturated carbocycles. The fraction of sp³-hybridized carbons (Fsp3) is 0.222.